The molecule has 19 heteroatoms. The Balaban J connectivity index is 1.51. The van der Waals surface area contributed by atoms with Crippen LogP contribution in [0.4, 0.5) is 0 Å². The number of allylic oxidation sites excluding steroid dienone is 17. The molecule has 0 aromatic rings. The van der Waals surface area contributed by atoms with E-state index in [1.807, 2.05) is 0 Å². The number of carbonyl (C=O) groups is 1. The summed E-state index contributed by atoms with van der Waals surface area (Å²) in [6.07, 6.45) is 27.9. The van der Waals surface area contributed by atoms with Crippen molar-refractivity contribution in [3.63, 3.8) is 0 Å². The fraction of sp³-hybridized carbons (Fsp3) is 0.689. The van der Waals surface area contributed by atoms with Gasteiger partial charge in [-0.3, -0.25) is 4.79 Å². The summed E-state index contributed by atoms with van der Waals surface area (Å²) in [5.74, 6) is -0.322. The summed E-state index contributed by atoms with van der Waals surface area (Å²) in [5.41, 5.74) is 0. The molecule has 0 aromatic carbocycles. The monoisotopic (exact) mass is 1130 g/mol. The van der Waals surface area contributed by atoms with Gasteiger partial charge in [-0.05, 0) is 89.9 Å². The maximum absolute atomic E-state index is 13.3. The van der Waals surface area contributed by atoms with Crippen molar-refractivity contribution in [3.8, 4) is 0 Å². The summed E-state index contributed by atoms with van der Waals surface area (Å²) in [7, 11) is 0. The Kier molecular flexibility index (Phi) is 38.1. The van der Waals surface area contributed by atoms with E-state index in [1.165, 1.54) is 12.8 Å². The van der Waals surface area contributed by atoms with Gasteiger partial charge in [0.1, 0.15) is 73.2 Å². The molecule has 0 radical (unpaired) electrons. The van der Waals surface area contributed by atoms with Gasteiger partial charge in [-0.15, -0.1) is 0 Å². The van der Waals surface area contributed by atoms with Gasteiger partial charge in [0.25, 0.3) is 0 Å². The first-order chi connectivity index (χ1) is 38.8. The molecule has 3 saturated heterocycles. The lowest BCUT2D eigenvalue weighted by atomic mass is 9.96. The van der Waals surface area contributed by atoms with E-state index in [9.17, 15) is 61.0 Å². The van der Waals surface area contributed by atoms with Crippen LogP contribution >= 0.6 is 0 Å². The highest BCUT2D eigenvalue weighted by Crippen LogP contribution is 2.33. The molecule has 3 fully saturated rings. The van der Waals surface area contributed by atoms with Gasteiger partial charge in [-0.1, -0.05) is 149 Å². The van der Waals surface area contributed by atoms with Crippen LogP contribution in [0, 0.1) is 0 Å². The van der Waals surface area contributed by atoms with Crippen LogP contribution in [0.2, 0.25) is 0 Å². The van der Waals surface area contributed by atoms with Crippen LogP contribution in [0.1, 0.15) is 136 Å². The van der Waals surface area contributed by atoms with E-state index in [-0.39, 0.29) is 12.3 Å². The third kappa shape index (κ3) is 26.8. The molecule has 0 saturated carbocycles. The molecule has 0 spiro atoms. The van der Waals surface area contributed by atoms with Crippen LogP contribution in [-0.2, 0) is 33.2 Å². The highest BCUT2D eigenvalue weighted by Gasteiger charge is 2.53. The minimum atomic E-state index is -1.99. The van der Waals surface area contributed by atoms with Gasteiger partial charge in [0.2, 0.25) is 5.91 Å². The highest BCUT2D eigenvalue weighted by molar-refractivity contribution is 5.76. The van der Waals surface area contributed by atoms with E-state index in [0.29, 0.717) is 12.8 Å². The Morgan fingerprint density at radius 1 is 0.463 bits per heavy atom. The van der Waals surface area contributed by atoms with Crippen LogP contribution in [-0.4, -0.2) is 193 Å². The lowest BCUT2D eigenvalue weighted by Crippen LogP contribution is -2.66. The largest absolute Gasteiger partial charge is 0.394 e. The third-order valence-corrected chi connectivity index (χ3v) is 13.8. The summed E-state index contributed by atoms with van der Waals surface area (Å²) < 4.78 is 34.1. The van der Waals surface area contributed by atoms with E-state index in [4.69, 9.17) is 28.4 Å². The van der Waals surface area contributed by atoms with Crippen molar-refractivity contribution < 1.29 is 89.4 Å². The lowest BCUT2D eigenvalue weighted by Gasteiger charge is -2.48. The van der Waals surface area contributed by atoms with E-state index in [2.05, 4.69) is 116 Å². The number of hydrogen-bond donors (Lipinski definition) is 12. The molecule has 3 rings (SSSR count). The predicted octanol–water partition coefficient (Wildman–Crippen LogP) is 4.75. The summed E-state index contributed by atoms with van der Waals surface area (Å²) >= 11 is 0. The van der Waals surface area contributed by atoms with E-state index >= 15 is 0 Å². The smallest absolute Gasteiger partial charge is 0.220 e. The summed E-state index contributed by atoms with van der Waals surface area (Å²) in [4.78, 5) is 13.3. The quantitative estimate of drug-likeness (QED) is 0.0291. The standard InChI is InChI=1S/C61H99NO18/c1-3-5-7-9-11-13-15-17-18-19-20-21-22-23-24-25-26-27-29-31-33-35-37-39-49(67)62-44(45(66)38-36-34-32-30-28-16-14-12-10-8-6-4-2)43-75-59-55(73)52(70)57(47(41-64)77-59)80-61-56(74)53(71)58(48(42-65)78-61)79-60-54(72)51(69)50(68)46(40-63)76-60/h5,7,10-13,17-18,20-21,23-24,26-28,30,36,38,44-48,50-61,63-66,68-74H,3-4,6,8-9,14-16,19,22,25,29,31-35,37,39-43H2,1-2H3,(H,62,67)/b7-5-,12-10+,13-11-,18-17-,21-20-,24-23-,27-26-,30-28+,38-36+. The first-order valence-corrected chi connectivity index (χ1v) is 29.1. The van der Waals surface area contributed by atoms with Crippen molar-refractivity contribution in [1.82, 2.24) is 5.32 Å². The van der Waals surface area contributed by atoms with Gasteiger partial charge < -0.3 is 89.9 Å². The van der Waals surface area contributed by atoms with Crippen molar-refractivity contribution in [2.45, 2.75) is 240 Å². The zero-order valence-corrected chi connectivity index (χ0v) is 47.2. The number of rotatable bonds is 40. The van der Waals surface area contributed by atoms with E-state index in [0.717, 1.165) is 89.9 Å². The second-order valence-corrected chi connectivity index (χ2v) is 20.3. The number of amides is 1. The molecular formula is C61H99NO18. The number of ether oxygens (including phenoxy) is 6. The zero-order valence-electron chi connectivity index (χ0n) is 47.2. The molecule has 12 N–H and O–H groups in total. The number of nitrogens with one attached hydrogen (secondary N) is 1. The van der Waals surface area contributed by atoms with Gasteiger partial charge in [-0.2, -0.15) is 0 Å². The molecule has 17 unspecified atom stereocenters. The molecule has 0 aromatic heterocycles. The zero-order chi connectivity index (χ0) is 58.3. The first-order valence-electron chi connectivity index (χ1n) is 29.1. The Bertz CT molecular complexity index is 1880. The molecule has 0 bridgehead atoms. The minimum absolute atomic E-state index is 0.194. The SMILES string of the molecule is CC/C=C\C/C=C\C/C=C\C/C=C\C/C=C\C/C=C\CCCCCCC(=O)NC(COC1OC(CO)C(OC2OC(CO)C(OC3OC(CO)C(O)C(O)C3O)C(O)C2O)C(O)C1O)C(O)/C=C/CC/C=C/CC/C=C/CCCC. The van der Waals surface area contributed by atoms with Gasteiger partial charge in [-0.25, -0.2) is 0 Å². The first kappa shape index (κ1) is 70.7. The average molecular weight is 1130 g/mol. The fourth-order valence-electron chi connectivity index (χ4n) is 8.97. The Morgan fingerprint density at radius 2 is 0.875 bits per heavy atom. The van der Waals surface area contributed by atoms with E-state index in [1.54, 1.807) is 12.2 Å². The number of aliphatic hydroxyl groups excluding tert-OH is 11. The molecule has 3 aliphatic rings. The summed E-state index contributed by atoms with van der Waals surface area (Å²) in [6.45, 7) is 1.46. The van der Waals surface area contributed by atoms with E-state index < -0.39 is 131 Å². The normalized spacial score (nSPS) is 30.8. The topological polar surface area (TPSA) is 307 Å². The molecule has 0 aliphatic carbocycles. The molecule has 17 atom stereocenters. The molecule has 1 amide bonds. The minimum Gasteiger partial charge on any atom is -0.394 e. The van der Waals surface area contributed by atoms with Crippen molar-refractivity contribution in [3.05, 3.63) is 109 Å². The predicted molar refractivity (Wildman–Crippen MR) is 304 cm³/mol. The number of carbonyl (C=O) groups excluding carboxylic acids is 1. The summed E-state index contributed by atoms with van der Waals surface area (Å²) in [6, 6.07) is -1.02. The van der Waals surface area contributed by atoms with Gasteiger partial charge in [0, 0.05) is 6.42 Å². The fourth-order valence-corrected chi connectivity index (χ4v) is 8.97. The maximum Gasteiger partial charge on any atom is 0.220 e. The van der Waals surface area contributed by atoms with Crippen molar-refractivity contribution >= 4 is 5.91 Å². The van der Waals surface area contributed by atoms with Crippen molar-refractivity contribution in [2.24, 2.45) is 0 Å². The molecule has 19 nitrogen and oxygen atoms in total. The highest BCUT2D eigenvalue weighted by atomic mass is 16.8. The van der Waals surface area contributed by atoms with Gasteiger partial charge >= 0.3 is 0 Å². The Morgan fingerprint density at radius 3 is 1.39 bits per heavy atom. The molecule has 456 valence electrons. The van der Waals surface area contributed by atoms with Crippen LogP contribution < -0.4 is 5.32 Å². The Hall–Kier alpha value is -3.55. The van der Waals surface area contributed by atoms with Gasteiger partial charge in [0.05, 0.1) is 38.6 Å². The number of aliphatic hydroxyl groups is 11. The lowest BCUT2D eigenvalue weighted by molar-refractivity contribution is -0.379. The summed E-state index contributed by atoms with van der Waals surface area (Å²) in [5, 5.41) is 120. The average Bonchev–Trinajstić information content (AvgIpc) is 3.45. The maximum atomic E-state index is 13.3. The Labute approximate surface area is 475 Å². The molecule has 3 aliphatic heterocycles. The molecule has 3 heterocycles. The van der Waals surface area contributed by atoms with Crippen molar-refractivity contribution in [2.75, 3.05) is 26.4 Å². The number of unbranched alkanes of at least 4 members (excludes halogenated alkanes) is 8. The van der Waals surface area contributed by atoms with Gasteiger partial charge in [0.15, 0.2) is 18.9 Å². The van der Waals surface area contributed by atoms with Crippen LogP contribution in [0.15, 0.2) is 109 Å². The number of hydrogen-bond acceptors (Lipinski definition) is 18. The second kappa shape index (κ2) is 43.1. The second-order valence-electron chi connectivity index (χ2n) is 20.3. The van der Waals surface area contributed by atoms with Crippen LogP contribution in [0.25, 0.3) is 0 Å². The molecular weight excluding hydrogens is 1030 g/mol. The molecule has 80 heavy (non-hydrogen) atoms. The third-order valence-electron chi connectivity index (χ3n) is 13.8. The van der Waals surface area contributed by atoms with Crippen LogP contribution in [0.5, 0.6) is 0 Å². The van der Waals surface area contributed by atoms with Crippen LogP contribution in [0.3, 0.4) is 0 Å². The van der Waals surface area contributed by atoms with Crippen molar-refractivity contribution in [1.29, 1.82) is 0 Å².